The van der Waals surface area contributed by atoms with Crippen molar-refractivity contribution in [2.24, 2.45) is 5.73 Å². The maximum Gasteiger partial charge on any atom is 0.232 e. The van der Waals surface area contributed by atoms with E-state index in [-0.39, 0.29) is 11.9 Å². The lowest BCUT2D eigenvalue weighted by molar-refractivity contribution is -0.135. The highest BCUT2D eigenvalue weighted by Crippen LogP contribution is 2.34. The Balaban J connectivity index is 2.28. The van der Waals surface area contributed by atoms with Gasteiger partial charge >= 0.3 is 0 Å². The Kier molecular flexibility index (Phi) is 4.42. The Morgan fingerprint density at radius 2 is 1.95 bits per heavy atom. The zero-order valence-electron chi connectivity index (χ0n) is 13.2. The SMILES string of the molecule is COc1ccc(C(C)(C)C(=O)N2CC[C@@H](N)C2)cc1OC. The fourth-order valence-corrected chi connectivity index (χ4v) is 2.72. The number of methoxy groups -OCH3 is 2. The molecule has 0 spiro atoms. The quantitative estimate of drug-likeness (QED) is 0.914. The van der Waals surface area contributed by atoms with Crippen LogP contribution in [0.25, 0.3) is 0 Å². The van der Waals surface area contributed by atoms with E-state index >= 15 is 0 Å². The maximum atomic E-state index is 12.8. The molecule has 1 fully saturated rings. The highest BCUT2D eigenvalue weighted by Gasteiger charge is 2.36. The van der Waals surface area contributed by atoms with Crippen LogP contribution in [0.3, 0.4) is 0 Å². The Labute approximate surface area is 126 Å². The third-order valence-corrected chi connectivity index (χ3v) is 4.15. The molecule has 1 atom stereocenters. The van der Waals surface area contributed by atoms with Crippen LogP contribution < -0.4 is 15.2 Å². The van der Waals surface area contributed by atoms with Crippen LogP contribution in [0.1, 0.15) is 25.8 Å². The lowest BCUT2D eigenvalue weighted by atomic mass is 9.83. The van der Waals surface area contributed by atoms with E-state index < -0.39 is 5.41 Å². The molecule has 0 saturated carbocycles. The summed E-state index contributed by atoms with van der Waals surface area (Å²) >= 11 is 0. The van der Waals surface area contributed by atoms with Crippen LogP contribution >= 0.6 is 0 Å². The molecular formula is C16H24N2O3. The number of carbonyl (C=O) groups excluding carboxylic acids is 1. The largest absolute Gasteiger partial charge is 0.493 e. The van der Waals surface area contributed by atoms with Crippen molar-refractivity contribution >= 4 is 5.91 Å². The maximum absolute atomic E-state index is 12.8. The second kappa shape index (κ2) is 5.93. The fourth-order valence-electron chi connectivity index (χ4n) is 2.72. The molecule has 0 bridgehead atoms. The Hall–Kier alpha value is -1.75. The van der Waals surface area contributed by atoms with Crippen LogP contribution in [0, 0.1) is 0 Å². The standard InChI is InChI=1S/C16H24N2O3/c1-16(2,15(19)18-8-7-12(17)10-18)11-5-6-13(20-3)14(9-11)21-4/h5-6,9,12H,7-8,10,17H2,1-4H3/t12-/m1/s1. The normalized spacial score (nSPS) is 18.7. The molecule has 5 heteroatoms. The van der Waals surface area contributed by atoms with Gasteiger partial charge < -0.3 is 20.1 Å². The number of nitrogens with two attached hydrogens (primary N) is 1. The number of hydrogen-bond donors (Lipinski definition) is 1. The smallest absolute Gasteiger partial charge is 0.232 e. The van der Waals surface area contributed by atoms with Crippen molar-refractivity contribution in [2.75, 3.05) is 27.3 Å². The van der Waals surface area contributed by atoms with Crippen molar-refractivity contribution in [3.05, 3.63) is 23.8 Å². The van der Waals surface area contributed by atoms with Crippen molar-refractivity contribution in [3.8, 4) is 11.5 Å². The summed E-state index contributed by atoms with van der Waals surface area (Å²) in [4.78, 5) is 14.6. The van der Waals surface area contributed by atoms with Gasteiger partial charge in [0.15, 0.2) is 11.5 Å². The van der Waals surface area contributed by atoms with E-state index in [1.54, 1.807) is 14.2 Å². The zero-order chi connectivity index (χ0) is 15.6. The molecule has 2 rings (SSSR count). The molecule has 2 N–H and O–H groups in total. The molecular weight excluding hydrogens is 268 g/mol. The third-order valence-electron chi connectivity index (χ3n) is 4.15. The first-order valence-corrected chi connectivity index (χ1v) is 7.17. The summed E-state index contributed by atoms with van der Waals surface area (Å²) in [6.07, 6.45) is 0.869. The van der Waals surface area contributed by atoms with E-state index in [2.05, 4.69) is 0 Å². The minimum absolute atomic E-state index is 0.0927. The first kappa shape index (κ1) is 15.6. The lowest BCUT2D eigenvalue weighted by Gasteiger charge is -2.30. The molecule has 116 valence electrons. The predicted molar refractivity (Wildman–Crippen MR) is 81.7 cm³/mol. The van der Waals surface area contributed by atoms with Crippen LogP contribution in [0.15, 0.2) is 18.2 Å². The molecule has 1 aromatic carbocycles. The zero-order valence-corrected chi connectivity index (χ0v) is 13.2. The summed E-state index contributed by atoms with van der Waals surface area (Å²) < 4.78 is 10.6. The highest BCUT2D eigenvalue weighted by molar-refractivity contribution is 5.88. The summed E-state index contributed by atoms with van der Waals surface area (Å²) in [6.45, 7) is 5.23. The van der Waals surface area contributed by atoms with Crippen LogP contribution in [0.5, 0.6) is 11.5 Å². The van der Waals surface area contributed by atoms with Gasteiger partial charge in [0, 0.05) is 19.1 Å². The number of benzene rings is 1. The number of rotatable bonds is 4. The number of ether oxygens (including phenoxy) is 2. The molecule has 1 amide bonds. The number of carbonyl (C=O) groups is 1. The summed E-state index contributed by atoms with van der Waals surface area (Å²) in [5.41, 5.74) is 6.18. The third kappa shape index (κ3) is 2.97. The average molecular weight is 292 g/mol. The van der Waals surface area contributed by atoms with Crippen LogP contribution in [0.4, 0.5) is 0 Å². The van der Waals surface area contributed by atoms with Crippen molar-refractivity contribution in [1.82, 2.24) is 4.90 Å². The van der Waals surface area contributed by atoms with Gasteiger partial charge in [-0.2, -0.15) is 0 Å². The molecule has 1 aromatic rings. The average Bonchev–Trinajstić information content (AvgIpc) is 2.91. The van der Waals surface area contributed by atoms with Gasteiger partial charge in [-0.3, -0.25) is 4.79 Å². The Morgan fingerprint density at radius 3 is 2.48 bits per heavy atom. The molecule has 0 aliphatic carbocycles. The van der Waals surface area contributed by atoms with Crippen LogP contribution in [-0.2, 0) is 10.2 Å². The van der Waals surface area contributed by atoms with Gasteiger partial charge in [-0.25, -0.2) is 0 Å². The Morgan fingerprint density at radius 1 is 1.29 bits per heavy atom. The van der Waals surface area contributed by atoms with Crippen molar-refractivity contribution in [1.29, 1.82) is 0 Å². The van der Waals surface area contributed by atoms with E-state index in [4.69, 9.17) is 15.2 Å². The van der Waals surface area contributed by atoms with E-state index in [1.807, 2.05) is 36.9 Å². The van der Waals surface area contributed by atoms with Gasteiger partial charge in [0.1, 0.15) is 0 Å². The first-order chi connectivity index (χ1) is 9.90. The summed E-state index contributed by atoms with van der Waals surface area (Å²) in [6, 6.07) is 5.70. The molecule has 0 unspecified atom stereocenters. The van der Waals surface area contributed by atoms with Gasteiger partial charge in [0.2, 0.25) is 5.91 Å². The summed E-state index contributed by atoms with van der Waals surface area (Å²) in [7, 11) is 3.19. The summed E-state index contributed by atoms with van der Waals surface area (Å²) in [5.74, 6) is 1.39. The van der Waals surface area contributed by atoms with Crippen molar-refractivity contribution in [3.63, 3.8) is 0 Å². The molecule has 1 aliphatic heterocycles. The first-order valence-electron chi connectivity index (χ1n) is 7.17. The van der Waals surface area contributed by atoms with E-state index in [0.717, 1.165) is 18.5 Å². The van der Waals surface area contributed by atoms with Crippen molar-refractivity contribution < 1.29 is 14.3 Å². The van der Waals surface area contributed by atoms with Gasteiger partial charge in [-0.1, -0.05) is 6.07 Å². The minimum atomic E-state index is -0.621. The van der Waals surface area contributed by atoms with Crippen LogP contribution in [-0.4, -0.2) is 44.2 Å². The molecule has 0 aromatic heterocycles. The van der Waals surface area contributed by atoms with Gasteiger partial charge in [-0.05, 0) is 38.0 Å². The fraction of sp³-hybridized carbons (Fsp3) is 0.562. The second-order valence-corrected chi connectivity index (χ2v) is 5.99. The monoisotopic (exact) mass is 292 g/mol. The van der Waals surface area contributed by atoms with E-state index in [0.29, 0.717) is 18.0 Å². The second-order valence-electron chi connectivity index (χ2n) is 5.99. The minimum Gasteiger partial charge on any atom is -0.493 e. The molecule has 1 aliphatic rings. The highest BCUT2D eigenvalue weighted by atomic mass is 16.5. The van der Waals surface area contributed by atoms with E-state index in [9.17, 15) is 4.79 Å². The van der Waals surface area contributed by atoms with Gasteiger partial charge in [0.25, 0.3) is 0 Å². The van der Waals surface area contributed by atoms with Gasteiger partial charge in [0.05, 0.1) is 19.6 Å². The number of hydrogen-bond acceptors (Lipinski definition) is 4. The number of likely N-dealkylation sites (tertiary alicyclic amines) is 1. The van der Waals surface area contributed by atoms with E-state index in [1.165, 1.54) is 0 Å². The molecule has 21 heavy (non-hydrogen) atoms. The number of nitrogens with zero attached hydrogens (tertiary/aromatic N) is 1. The van der Waals surface area contributed by atoms with Gasteiger partial charge in [-0.15, -0.1) is 0 Å². The van der Waals surface area contributed by atoms with Crippen molar-refractivity contribution in [2.45, 2.75) is 31.7 Å². The molecule has 0 radical (unpaired) electrons. The number of amides is 1. The molecule has 1 heterocycles. The van der Waals surface area contributed by atoms with Crippen LogP contribution in [0.2, 0.25) is 0 Å². The molecule has 5 nitrogen and oxygen atoms in total. The molecule has 1 saturated heterocycles. The summed E-state index contributed by atoms with van der Waals surface area (Å²) in [5, 5.41) is 0. The lowest BCUT2D eigenvalue weighted by Crippen LogP contribution is -2.43. The predicted octanol–water partition coefficient (Wildman–Crippen LogP) is 1.54. The topological polar surface area (TPSA) is 64.8 Å². The Bertz CT molecular complexity index is 528.